The molecule has 4 amide bonds. The number of ether oxygens (including phenoxy) is 2. The Balaban J connectivity index is 1.76. The van der Waals surface area contributed by atoms with Crippen molar-refractivity contribution in [2.75, 3.05) is 11.9 Å². The fraction of sp³-hybridized carbons (Fsp3) is 0.333. The molecule has 0 fully saturated rings. The number of carbonyl (C=O) groups excluding carboxylic acids is 4. The third-order valence-corrected chi connectivity index (χ3v) is 6.33. The van der Waals surface area contributed by atoms with E-state index in [0.717, 1.165) is 29.3 Å². The number of hydrogen-bond acceptors (Lipinski definition) is 6. The van der Waals surface area contributed by atoms with Gasteiger partial charge in [0, 0.05) is 5.69 Å². The molecule has 0 aliphatic rings. The summed E-state index contributed by atoms with van der Waals surface area (Å²) < 4.78 is 50.2. The SMILES string of the molecule is CC(C)(C)OC(=O)N[C@H](CNC(=O)OCc1ccccc1)C(=O)N[C@@H](CCc1ccccc1)C(=O)Nc1cccc(C(F)(F)F)c1. The Morgan fingerprint density at radius 3 is 1.98 bits per heavy atom. The number of hydrogen-bond donors (Lipinski definition) is 4. The molecule has 10 nitrogen and oxygen atoms in total. The fourth-order valence-electron chi connectivity index (χ4n) is 4.12. The Morgan fingerprint density at radius 2 is 1.37 bits per heavy atom. The minimum atomic E-state index is -4.63. The van der Waals surface area contributed by atoms with Gasteiger partial charge in [0.1, 0.15) is 24.3 Å². The largest absolute Gasteiger partial charge is 0.445 e. The average Bonchev–Trinajstić information content (AvgIpc) is 3.00. The van der Waals surface area contributed by atoms with Crippen molar-refractivity contribution in [3.63, 3.8) is 0 Å². The Kier molecular flexibility index (Phi) is 12.5. The normalized spacial score (nSPS) is 12.7. The van der Waals surface area contributed by atoms with Crippen molar-refractivity contribution < 1.29 is 41.8 Å². The number of rotatable bonds is 12. The number of alkyl carbamates (subject to hydrolysis) is 2. The molecule has 0 bridgehead atoms. The van der Waals surface area contributed by atoms with Gasteiger partial charge >= 0.3 is 18.4 Å². The summed E-state index contributed by atoms with van der Waals surface area (Å²) in [4.78, 5) is 51.8. The Hall–Kier alpha value is -5.07. The molecule has 0 radical (unpaired) electrons. The standard InChI is InChI=1S/C33H37F3N4O6/c1-32(2,3)46-31(44)40-27(20-37-30(43)45-21-23-13-8-5-9-14-23)29(42)39-26(18-17-22-11-6-4-7-12-22)28(41)38-25-16-10-15-24(19-25)33(34,35)36/h4-16,19,26-27H,17-18,20-21H2,1-3H3,(H,37,43)(H,38,41)(H,39,42)(H,40,44)/t26-,27+/m0/s1. The van der Waals surface area contributed by atoms with E-state index in [9.17, 15) is 32.3 Å². The molecular formula is C33H37F3N4O6. The number of nitrogens with one attached hydrogen (secondary N) is 4. The number of benzene rings is 3. The van der Waals surface area contributed by atoms with Gasteiger partial charge in [0.05, 0.1) is 12.1 Å². The summed E-state index contributed by atoms with van der Waals surface area (Å²) in [5.74, 6) is -1.64. The van der Waals surface area contributed by atoms with Crippen molar-refractivity contribution in [2.24, 2.45) is 0 Å². The minimum absolute atomic E-state index is 0.0414. The first-order chi connectivity index (χ1) is 21.7. The minimum Gasteiger partial charge on any atom is -0.445 e. The maximum Gasteiger partial charge on any atom is 0.416 e. The predicted octanol–water partition coefficient (Wildman–Crippen LogP) is 5.58. The first-order valence-corrected chi connectivity index (χ1v) is 14.5. The van der Waals surface area contributed by atoms with Crippen LogP contribution in [0.1, 0.15) is 43.9 Å². The van der Waals surface area contributed by atoms with E-state index in [-0.39, 0.29) is 18.7 Å². The van der Waals surface area contributed by atoms with Gasteiger partial charge in [0.2, 0.25) is 11.8 Å². The summed E-state index contributed by atoms with van der Waals surface area (Å²) >= 11 is 0. The van der Waals surface area contributed by atoms with Gasteiger partial charge < -0.3 is 30.7 Å². The van der Waals surface area contributed by atoms with Crippen molar-refractivity contribution in [1.82, 2.24) is 16.0 Å². The van der Waals surface area contributed by atoms with Gasteiger partial charge in [-0.3, -0.25) is 9.59 Å². The molecule has 4 N–H and O–H groups in total. The first-order valence-electron chi connectivity index (χ1n) is 14.5. The van der Waals surface area contributed by atoms with Crippen LogP contribution in [0.3, 0.4) is 0 Å². The van der Waals surface area contributed by atoms with Crippen molar-refractivity contribution in [3.05, 3.63) is 102 Å². The number of anilines is 1. The van der Waals surface area contributed by atoms with E-state index in [1.165, 1.54) is 6.07 Å². The van der Waals surface area contributed by atoms with Crippen molar-refractivity contribution in [3.8, 4) is 0 Å². The Labute approximate surface area is 265 Å². The van der Waals surface area contributed by atoms with Crippen LogP contribution < -0.4 is 21.3 Å². The highest BCUT2D eigenvalue weighted by atomic mass is 19.4. The second-order valence-corrected chi connectivity index (χ2v) is 11.3. The molecule has 2 atom stereocenters. The molecule has 0 heterocycles. The van der Waals surface area contributed by atoms with E-state index in [1.54, 1.807) is 57.2 Å². The third kappa shape index (κ3) is 12.5. The molecule has 0 unspecified atom stereocenters. The number of alkyl halides is 3. The molecule has 0 aromatic heterocycles. The average molecular weight is 643 g/mol. The first kappa shape index (κ1) is 35.4. The monoisotopic (exact) mass is 642 g/mol. The van der Waals surface area contributed by atoms with Gasteiger partial charge in [-0.05, 0) is 62.9 Å². The lowest BCUT2D eigenvalue weighted by Crippen LogP contribution is -2.57. The van der Waals surface area contributed by atoms with Gasteiger partial charge in [0.25, 0.3) is 0 Å². The van der Waals surface area contributed by atoms with Gasteiger partial charge in [0.15, 0.2) is 0 Å². The predicted molar refractivity (Wildman–Crippen MR) is 165 cm³/mol. The maximum absolute atomic E-state index is 13.5. The van der Waals surface area contributed by atoms with E-state index in [4.69, 9.17) is 9.47 Å². The van der Waals surface area contributed by atoms with E-state index < -0.39 is 60.0 Å². The van der Waals surface area contributed by atoms with Gasteiger partial charge in [-0.25, -0.2) is 9.59 Å². The van der Waals surface area contributed by atoms with Crippen LogP contribution in [0.5, 0.6) is 0 Å². The zero-order chi connectivity index (χ0) is 33.7. The molecule has 13 heteroatoms. The summed E-state index contributed by atoms with van der Waals surface area (Å²) in [6, 6.07) is 19.4. The summed E-state index contributed by atoms with van der Waals surface area (Å²) in [5.41, 5.74) is -0.408. The van der Waals surface area contributed by atoms with Crippen LogP contribution in [0.25, 0.3) is 0 Å². The molecule has 3 aromatic rings. The quantitative estimate of drug-likeness (QED) is 0.204. The van der Waals surface area contributed by atoms with Crippen LogP contribution in [0, 0.1) is 0 Å². The van der Waals surface area contributed by atoms with Crippen LogP contribution in [-0.4, -0.2) is 48.2 Å². The molecule has 3 aromatic carbocycles. The van der Waals surface area contributed by atoms with Crippen molar-refractivity contribution in [2.45, 2.75) is 64.1 Å². The number of carbonyl (C=O) groups is 4. The second-order valence-electron chi connectivity index (χ2n) is 11.3. The lowest BCUT2D eigenvalue weighted by molar-refractivity contribution is -0.137. The van der Waals surface area contributed by atoms with Crippen LogP contribution in [0.2, 0.25) is 0 Å². The lowest BCUT2D eigenvalue weighted by Gasteiger charge is -2.25. The van der Waals surface area contributed by atoms with Crippen LogP contribution in [0.15, 0.2) is 84.9 Å². The smallest absolute Gasteiger partial charge is 0.416 e. The van der Waals surface area contributed by atoms with Crippen LogP contribution in [0.4, 0.5) is 28.4 Å². The zero-order valence-electron chi connectivity index (χ0n) is 25.6. The molecule has 0 saturated heterocycles. The molecule has 0 saturated carbocycles. The zero-order valence-corrected chi connectivity index (χ0v) is 25.6. The number of halogens is 3. The molecule has 0 aliphatic heterocycles. The van der Waals surface area contributed by atoms with E-state index in [2.05, 4.69) is 21.3 Å². The fourth-order valence-corrected chi connectivity index (χ4v) is 4.12. The third-order valence-electron chi connectivity index (χ3n) is 6.33. The van der Waals surface area contributed by atoms with Gasteiger partial charge in [-0.1, -0.05) is 66.7 Å². The molecule has 0 aliphatic carbocycles. The van der Waals surface area contributed by atoms with E-state index in [0.29, 0.717) is 6.42 Å². The summed E-state index contributed by atoms with van der Waals surface area (Å²) in [7, 11) is 0. The Morgan fingerprint density at radius 1 is 0.739 bits per heavy atom. The van der Waals surface area contributed by atoms with Crippen LogP contribution >= 0.6 is 0 Å². The number of aryl methyl sites for hydroxylation is 1. The van der Waals surface area contributed by atoms with Crippen molar-refractivity contribution >= 4 is 29.7 Å². The second kappa shape index (κ2) is 16.3. The Bertz CT molecular complexity index is 1460. The number of amides is 4. The van der Waals surface area contributed by atoms with E-state index in [1.807, 2.05) is 24.3 Å². The van der Waals surface area contributed by atoms with Crippen LogP contribution in [-0.2, 0) is 38.3 Å². The van der Waals surface area contributed by atoms with Gasteiger partial charge in [-0.15, -0.1) is 0 Å². The molecule has 0 spiro atoms. The van der Waals surface area contributed by atoms with Crippen molar-refractivity contribution in [1.29, 1.82) is 0 Å². The molecule has 46 heavy (non-hydrogen) atoms. The van der Waals surface area contributed by atoms with Gasteiger partial charge in [-0.2, -0.15) is 13.2 Å². The highest BCUT2D eigenvalue weighted by Gasteiger charge is 2.32. The van der Waals surface area contributed by atoms with E-state index >= 15 is 0 Å². The lowest BCUT2D eigenvalue weighted by atomic mass is 10.0. The summed E-state index contributed by atoms with van der Waals surface area (Å²) in [6.07, 6.45) is -6.06. The highest BCUT2D eigenvalue weighted by molar-refractivity contribution is 5.98. The summed E-state index contributed by atoms with van der Waals surface area (Å²) in [6.45, 7) is 4.40. The molecule has 3 rings (SSSR count). The highest BCUT2D eigenvalue weighted by Crippen LogP contribution is 2.30. The molecule has 246 valence electrons. The summed E-state index contributed by atoms with van der Waals surface area (Å²) in [5, 5.41) is 9.82. The topological polar surface area (TPSA) is 135 Å². The maximum atomic E-state index is 13.5. The molecular weight excluding hydrogens is 605 g/mol.